The third-order valence-corrected chi connectivity index (χ3v) is 4.67. The fourth-order valence-corrected chi connectivity index (χ4v) is 3.13. The van der Waals surface area contributed by atoms with E-state index in [1.807, 2.05) is 6.92 Å². The summed E-state index contributed by atoms with van der Waals surface area (Å²) in [6.07, 6.45) is 0. The Bertz CT molecular complexity index is 654. The zero-order valence-corrected chi connectivity index (χ0v) is 14.7. The van der Waals surface area contributed by atoms with Crippen LogP contribution < -0.4 is 0 Å². The number of aryl methyl sites for hydroxylation is 2. The molecule has 0 saturated carbocycles. The van der Waals surface area contributed by atoms with E-state index in [4.69, 9.17) is 9.40 Å². The lowest BCUT2D eigenvalue weighted by molar-refractivity contribution is 0.103. The molecule has 4 nitrogen and oxygen atoms in total. The molecule has 0 atom stereocenters. The first-order chi connectivity index (χ1) is 11.0. The average Bonchev–Trinajstić information content (AvgIpc) is 2.89. The van der Waals surface area contributed by atoms with Crippen molar-refractivity contribution in [2.45, 2.75) is 40.3 Å². The molecular formula is C19H27N3O. The van der Waals surface area contributed by atoms with Gasteiger partial charge in [0, 0.05) is 44.3 Å². The Labute approximate surface area is 139 Å². The van der Waals surface area contributed by atoms with Crippen molar-refractivity contribution in [3.8, 4) is 11.5 Å². The van der Waals surface area contributed by atoms with Crippen LogP contribution in [0.5, 0.6) is 0 Å². The number of piperazine rings is 1. The van der Waals surface area contributed by atoms with E-state index in [0.717, 1.165) is 55.6 Å². The van der Waals surface area contributed by atoms with Crippen LogP contribution in [0.25, 0.3) is 11.5 Å². The molecule has 0 radical (unpaired) electrons. The van der Waals surface area contributed by atoms with Crippen molar-refractivity contribution in [1.82, 2.24) is 14.8 Å². The van der Waals surface area contributed by atoms with Crippen molar-refractivity contribution >= 4 is 0 Å². The van der Waals surface area contributed by atoms with Gasteiger partial charge >= 0.3 is 0 Å². The molecule has 0 amide bonds. The Morgan fingerprint density at radius 2 is 1.87 bits per heavy atom. The van der Waals surface area contributed by atoms with Gasteiger partial charge in [0.1, 0.15) is 5.76 Å². The SMILES string of the molecule is Cc1cccc(-c2nc(CN3CCN(C(C)C)CC3)c(C)o2)c1. The van der Waals surface area contributed by atoms with E-state index in [1.54, 1.807) is 0 Å². The van der Waals surface area contributed by atoms with Crippen LogP contribution in [0.2, 0.25) is 0 Å². The maximum absolute atomic E-state index is 5.91. The van der Waals surface area contributed by atoms with E-state index < -0.39 is 0 Å². The summed E-state index contributed by atoms with van der Waals surface area (Å²) in [7, 11) is 0. The Hall–Kier alpha value is -1.65. The predicted molar refractivity (Wildman–Crippen MR) is 93.4 cm³/mol. The number of nitrogens with zero attached hydrogens (tertiary/aromatic N) is 3. The zero-order chi connectivity index (χ0) is 16.4. The van der Waals surface area contributed by atoms with Gasteiger partial charge in [0.15, 0.2) is 0 Å². The highest BCUT2D eigenvalue weighted by molar-refractivity contribution is 5.54. The van der Waals surface area contributed by atoms with Crippen molar-refractivity contribution in [2.24, 2.45) is 0 Å². The van der Waals surface area contributed by atoms with Gasteiger partial charge in [-0.2, -0.15) is 0 Å². The quantitative estimate of drug-likeness (QED) is 0.865. The second kappa shape index (κ2) is 6.85. The van der Waals surface area contributed by atoms with Crippen molar-refractivity contribution in [3.05, 3.63) is 41.3 Å². The molecule has 1 fully saturated rings. The highest BCUT2D eigenvalue weighted by Crippen LogP contribution is 2.23. The molecular weight excluding hydrogens is 286 g/mol. The Morgan fingerprint density at radius 3 is 2.52 bits per heavy atom. The van der Waals surface area contributed by atoms with Gasteiger partial charge in [0.05, 0.1) is 5.69 Å². The van der Waals surface area contributed by atoms with Gasteiger partial charge < -0.3 is 4.42 Å². The van der Waals surface area contributed by atoms with Crippen molar-refractivity contribution in [1.29, 1.82) is 0 Å². The van der Waals surface area contributed by atoms with Gasteiger partial charge in [0.2, 0.25) is 5.89 Å². The molecule has 124 valence electrons. The molecule has 0 unspecified atom stereocenters. The summed E-state index contributed by atoms with van der Waals surface area (Å²) in [4.78, 5) is 9.76. The van der Waals surface area contributed by atoms with E-state index in [-0.39, 0.29) is 0 Å². The third kappa shape index (κ3) is 3.82. The molecule has 4 heteroatoms. The summed E-state index contributed by atoms with van der Waals surface area (Å²) < 4.78 is 5.91. The van der Waals surface area contributed by atoms with E-state index in [1.165, 1.54) is 5.56 Å². The minimum atomic E-state index is 0.638. The lowest BCUT2D eigenvalue weighted by Gasteiger charge is -2.36. The number of hydrogen-bond acceptors (Lipinski definition) is 4. The number of aromatic nitrogens is 1. The maximum Gasteiger partial charge on any atom is 0.226 e. The molecule has 1 aliphatic rings. The van der Waals surface area contributed by atoms with E-state index in [0.29, 0.717) is 6.04 Å². The molecule has 1 aromatic carbocycles. The topological polar surface area (TPSA) is 32.5 Å². The molecule has 1 saturated heterocycles. The largest absolute Gasteiger partial charge is 0.441 e. The average molecular weight is 313 g/mol. The molecule has 0 spiro atoms. The second-order valence-electron chi connectivity index (χ2n) is 6.80. The molecule has 0 N–H and O–H groups in total. The predicted octanol–water partition coefficient (Wildman–Crippen LogP) is 3.48. The minimum absolute atomic E-state index is 0.638. The number of oxazole rings is 1. The van der Waals surface area contributed by atoms with E-state index in [2.05, 4.69) is 54.8 Å². The first kappa shape index (κ1) is 16.2. The lowest BCUT2D eigenvalue weighted by Crippen LogP contribution is -2.48. The highest BCUT2D eigenvalue weighted by atomic mass is 16.4. The molecule has 3 rings (SSSR count). The van der Waals surface area contributed by atoms with E-state index >= 15 is 0 Å². The van der Waals surface area contributed by atoms with Crippen LogP contribution in [0, 0.1) is 13.8 Å². The molecule has 0 aliphatic carbocycles. The molecule has 2 heterocycles. The summed E-state index contributed by atoms with van der Waals surface area (Å²) in [5.74, 6) is 1.68. The normalized spacial score (nSPS) is 17.1. The third-order valence-electron chi connectivity index (χ3n) is 4.67. The Morgan fingerprint density at radius 1 is 1.13 bits per heavy atom. The van der Waals surface area contributed by atoms with Gasteiger partial charge in [-0.05, 0) is 39.8 Å². The van der Waals surface area contributed by atoms with Crippen LogP contribution in [-0.2, 0) is 6.54 Å². The molecule has 0 bridgehead atoms. The monoisotopic (exact) mass is 313 g/mol. The van der Waals surface area contributed by atoms with Crippen LogP contribution in [0.15, 0.2) is 28.7 Å². The van der Waals surface area contributed by atoms with Crippen molar-refractivity contribution < 1.29 is 4.42 Å². The molecule has 1 aromatic heterocycles. The summed E-state index contributed by atoms with van der Waals surface area (Å²) in [5.41, 5.74) is 3.35. The lowest BCUT2D eigenvalue weighted by atomic mass is 10.1. The fraction of sp³-hybridized carbons (Fsp3) is 0.526. The van der Waals surface area contributed by atoms with Crippen LogP contribution in [0.3, 0.4) is 0 Å². The number of rotatable bonds is 4. The highest BCUT2D eigenvalue weighted by Gasteiger charge is 2.21. The molecule has 23 heavy (non-hydrogen) atoms. The van der Waals surface area contributed by atoms with Crippen LogP contribution in [-0.4, -0.2) is 47.0 Å². The standard InChI is InChI=1S/C19H27N3O/c1-14(2)22-10-8-21(9-11-22)13-18-16(4)23-19(20-18)17-7-5-6-15(3)12-17/h5-7,12,14H,8-11,13H2,1-4H3. The smallest absolute Gasteiger partial charge is 0.226 e. The minimum Gasteiger partial charge on any atom is -0.441 e. The van der Waals surface area contributed by atoms with E-state index in [9.17, 15) is 0 Å². The zero-order valence-electron chi connectivity index (χ0n) is 14.7. The fourth-order valence-electron chi connectivity index (χ4n) is 3.13. The Balaban J connectivity index is 1.68. The summed E-state index contributed by atoms with van der Waals surface area (Å²) in [6, 6.07) is 8.96. The van der Waals surface area contributed by atoms with Crippen LogP contribution in [0.4, 0.5) is 0 Å². The first-order valence-electron chi connectivity index (χ1n) is 8.52. The molecule has 1 aliphatic heterocycles. The van der Waals surface area contributed by atoms with Crippen LogP contribution in [0.1, 0.15) is 30.9 Å². The number of benzene rings is 1. The van der Waals surface area contributed by atoms with Gasteiger partial charge in [-0.15, -0.1) is 0 Å². The summed E-state index contributed by atoms with van der Waals surface area (Å²) in [5, 5.41) is 0. The Kier molecular flexibility index (Phi) is 4.83. The van der Waals surface area contributed by atoms with Crippen molar-refractivity contribution in [3.63, 3.8) is 0 Å². The maximum atomic E-state index is 5.91. The van der Waals surface area contributed by atoms with Crippen molar-refractivity contribution in [2.75, 3.05) is 26.2 Å². The summed E-state index contributed by atoms with van der Waals surface area (Å²) in [6.45, 7) is 14.0. The van der Waals surface area contributed by atoms with Gasteiger partial charge in [0.25, 0.3) is 0 Å². The number of hydrogen-bond donors (Lipinski definition) is 0. The second-order valence-corrected chi connectivity index (χ2v) is 6.80. The first-order valence-corrected chi connectivity index (χ1v) is 8.52. The van der Waals surface area contributed by atoms with Gasteiger partial charge in [-0.3, -0.25) is 9.80 Å². The van der Waals surface area contributed by atoms with Gasteiger partial charge in [-0.25, -0.2) is 4.98 Å². The molecule has 2 aromatic rings. The van der Waals surface area contributed by atoms with Gasteiger partial charge in [-0.1, -0.05) is 17.7 Å². The summed E-state index contributed by atoms with van der Waals surface area (Å²) >= 11 is 0. The van der Waals surface area contributed by atoms with Crippen LogP contribution >= 0.6 is 0 Å².